The number of rotatable bonds is 5. The molecule has 0 bridgehead atoms. The Balaban J connectivity index is 0.000000305. The van der Waals surface area contributed by atoms with Gasteiger partial charge in [-0.2, -0.15) is 47.0 Å². The van der Waals surface area contributed by atoms with Crippen LogP contribution in [0.25, 0.3) is 11.1 Å². The Bertz CT molecular complexity index is 2000. The molecule has 0 fully saturated rings. The zero-order valence-electron chi connectivity index (χ0n) is 35.1. The summed E-state index contributed by atoms with van der Waals surface area (Å²) in [5.74, 6) is 0. The van der Waals surface area contributed by atoms with Gasteiger partial charge in [-0.05, 0) is 28.4 Å². The van der Waals surface area contributed by atoms with E-state index in [-0.39, 0.29) is 46.8 Å². The van der Waals surface area contributed by atoms with Crippen molar-refractivity contribution < 1.29 is 75.4 Å². The monoisotopic (exact) mass is 916 g/mol. The Morgan fingerprint density at radius 2 is 1.14 bits per heavy atom. The van der Waals surface area contributed by atoms with E-state index in [1.807, 2.05) is 0 Å². The van der Waals surface area contributed by atoms with Crippen LogP contribution >= 0.6 is 0 Å². The Hall–Kier alpha value is -2.86. The van der Waals surface area contributed by atoms with E-state index in [0.717, 1.165) is 54.9 Å². The number of alkyl halides is 6. The Morgan fingerprint density at radius 3 is 1.59 bits per heavy atom. The summed E-state index contributed by atoms with van der Waals surface area (Å²) < 4.78 is 76.7. The van der Waals surface area contributed by atoms with Gasteiger partial charge in [0.25, 0.3) is 0 Å². The molecule has 5 aromatic carbocycles. The number of hydrogen-bond donors (Lipinski definition) is 0. The van der Waals surface area contributed by atoms with Crippen molar-refractivity contribution in [1.82, 2.24) is 0 Å². The molecule has 0 saturated heterocycles. The van der Waals surface area contributed by atoms with Crippen molar-refractivity contribution >= 4 is 3.21 Å². The molecule has 1 aliphatic carbocycles. The van der Waals surface area contributed by atoms with Gasteiger partial charge in [-0.1, -0.05) is 118 Å². The van der Waals surface area contributed by atoms with Crippen LogP contribution in [0.15, 0.2) is 97.1 Å². The van der Waals surface area contributed by atoms with Crippen molar-refractivity contribution in [3.63, 3.8) is 0 Å². The number of unbranched alkanes of at least 4 members (excludes halogenated alkanes) is 1. The van der Waals surface area contributed by atoms with E-state index in [4.69, 9.17) is 0 Å². The van der Waals surface area contributed by atoms with Gasteiger partial charge in [0.15, 0.2) is 0 Å². The smallest absolute Gasteiger partial charge is 1.00 e. The number of aryl methyl sites for hydroxylation is 1. The predicted octanol–water partition coefficient (Wildman–Crippen LogP) is 8.55. The minimum Gasteiger partial charge on any atom is -1.00 e. The van der Waals surface area contributed by atoms with Crippen LogP contribution < -0.4 is 24.8 Å². The molecule has 5 aromatic rings. The van der Waals surface area contributed by atoms with E-state index in [1.165, 1.54) is 88.0 Å². The third-order valence-corrected chi connectivity index (χ3v) is 11.3. The SMILES string of the molecule is CC(C)(C)c1[c-]c2c(cc1)-c1ccc(C(C)(C)C)cc1C2.CCCCc1cc(C(C)(C)C)c[cH-]1.FC(F)(F)c1cccc([C](=[Zr+2])c2cccc(C(F)(F)F)c2)c1.[Cl-].[Cl-]. The molecule has 0 aromatic heterocycles. The summed E-state index contributed by atoms with van der Waals surface area (Å²) in [6.45, 7) is 22.7. The first kappa shape index (κ1) is 51.3. The molecular weight excluding hydrogens is 865 g/mol. The maximum Gasteiger partial charge on any atom is -1.00 e. The summed E-state index contributed by atoms with van der Waals surface area (Å²) in [6, 6.07) is 31.2. The molecule has 1 aliphatic rings. The van der Waals surface area contributed by atoms with E-state index in [9.17, 15) is 26.3 Å². The van der Waals surface area contributed by atoms with Crippen LogP contribution in [-0.2, 0) is 65.7 Å². The second-order valence-corrected chi connectivity index (χ2v) is 18.9. The molecule has 0 amide bonds. The molecule has 0 nitrogen and oxygen atoms in total. The summed E-state index contributed by atoms with van der Waals surface area (Å²) >= 11 is 0.729. The number of halogens is 8. The first-order valence-corrected chi connectivity index (χ1v) is 20.4. The van der Waals surface area contributed by atoms with Gasteiger partial charge in [0.05, 0.1) is 0 Å². The van der Waals surface area contributed by atoms with Crippen molar-refractivity contribution in [1.29, 1.82) is 0 Å². The fourth-order valence-corrected chi connectivity index (χ4v) is 7.16. The van der Waals surface area contributed by atoms with E-state index >= 15 is 0 Å². The summed E-state index contributed by atoms with van der Waals surface area (Å²) in [5, 5.41) is 0. The normalized spacial score (nSPS) is 12.4. The molecule has 0 aliphatic heterocycles. The van der Waals surface area contributed by atoms with Crippen molar-refractivity contribution in [3.05, 3.63) is 159 Å². The molecule has 312 valence electrons. The molecule has 0 saturated carbocycles. The summed E-state index contributed by atoms with van der Waals surface area (Å²) in [6.07, 6.45) is -4.10. The van der Waals surface area contributed by atoms with Gasteiger partial charge < -0.3 is 24.8 Å². The first-order chi connectivity index (χ1) is 25.8. The fraction of sp³-hybridized carbons (Fsp3) is 0.388. The van der Waals surface area contributed by atoms with Crippen LogP contribution in [0.5, 0.6) is 0 Å². The van der Waals surface area contributed by atoms with Crippen molar-refractivity contribution in [2.75, 3.05) is 0 Å². The maximum absolute atomic E-state index is 12.7. The molecule has 0 heterocycles. The zero-order chi connectivity index (χ0) is 41.9. The molecular formula is C49H54Cl2F6Zr-2. The molecule has 0 radical (unpaired) electrons. The van der Waals surface area contributed by atoms with Crippen molar-refractivity contribution in [2.45, 2.75) is 124 Å². The van der Waals surface area contributed by atoms with Crippen LogP contribution in [0.4, 0.5) is 26.3 Å². The quantitative estimate of drug-likeness (QED) is 0.120. The molecule has 0 unspecified atom stereocenters. The van der Waals surface area contributed by atoms with E-state index in [0.29, 0.717) is 8.62 Å². The summed E-state index contributed by atoms with van der Waals surface area (Å²) in [4.78, 5) is 0. The molecule has 0 atom stereocenters. The van der Waals surface area contributed by atoms with Gasteiger partial charge in [0.2, 0.25) is 0 Å². The molecule has 0 N–H and O–H groups in total. The van der Waals surface area contributed by atoms with Gasteiger partial charge in [-0.3, -0.25) is 0 Å². The summed E-state index contributed by atoms with van der Waals surface area (Å²) in [7, 11) is 0. The van der Waals surface area contributed by atoms with Gasteiger partial charge >= 0.3 is 137 Å². The van der Waals surface area contributed by atoms with Gasteiger partial charge in [0.1, 0.15) is 0 Å². The van der Waals surface area contributed by atoms with Crippen LogP contribution in [0, 0.1) is 6.07 Å². The number of hydrogen-bond acceptors (Lipinski definition) is 0. The largest absolute Gasteiger partial charge is 1.00 e. The topological polar surface area (TPSA) is 0 Å². The van der Waals surface area contributed by atoms with Gasteiger partial charge in [-0.25, -0.2) is 6.07 Å². The Kier molecular flexibility index (Phi) is 17.8. The van der Waals surface area contributed by atoms with Crippen molar-refractivity contribution in [3.8, 4) is 11.1 Å². The standard InChI is InChI=1S/C21H25.C15H8F6.C13H21.2ClH.Zr/c1-20(2,3)16-7-9-18-14(12-16)11-15-13-17(21(4,5)6)8-10-19(15)18;16-14(17,18)12-5-1-3-10(8-12)7-11-4-2-6-13(9-11)15(19,20)21;1-5-6-7-11-8-9-12(10-11)13(2,3)4;;;/h7-10,12H,11H2,1-6H3;1-6,8-9H;8-10H,5-7H2,1-4H3;2*1H;/q-1;;-1;;;+2/p-2. The van der Waals surface area contributed by atoms with Crippen LogP contribution in [0.3, 0.4) is 0 Å². The zero-order valence-corrected chi connectivity index (χ0v) is 39.1. The number of fused-ring (bicyclic) bond motifs is 3. The first-order valence-electron chi connectivity index (χ1n) is 19.2. The molecule has 9 heteroatoms. The van der Waals surface area contributed by atoms with Crippen LogP contribution in [0.1, 0.15) is 138 Å². The summed E-state index contributed by atoms with van der Waals surface area (Å²) in [5.41, 5.74) is 10.9. The minimum absolute atomic E-state index is 0. The third-order valence-electron chi connectivity index (χ3n) is 9.92. The second kappa shape index (κ2) is 20.1. The number of benzene rings is 4. The van der Waals surface area contributed by atoms with E-state index in [2.05, 4.69) is 124 Å². The third kappa shape index (κ3) is 13.8. The van der Waals surface area contributed by atoms with E-state index in [1.54, 1.807) is 0 Å². The predicted molar refractivity (Wildman–Crippen MR) is 216 cm³/mol. The van der Waals surface area contributed by atoms with E-state index < -0.39 is 23.5 Å². The van der Waals surface area contributed by atoms with Gasteiger partial charge in [0, 0.05) is 0 Å². The van der Waals surface area contributed by atoms with Crippen LogP contribution in [-0.4, -0.2) is 3.21 Å². The van der Waals surface area contributed by atoms with Crippen molar-refractivity contribution in [2.24, 2.45) is 0 Å². The average Bonchev–Trinajstić information content (AvgIpc) is 3.74. The molecule has 6 rings (SSSR count). The minimum atomic E-state index is -4.49. The molecule has 58 heavy (non-hydrogen) atoms. The molecule has 0 spiro atoms. The second-order valence-electron chi connectivity index (χ2n) is 17.7. The van der Waals surface area contributed by atoms with Crippen LogP contribution in [0.2, 0.25) is 0 Å². The Morgan fingerprint density at radius 1 is 0.621 bits per heavy atom. The average molecular weight is 919 g/mol. The fourth-order valence-electron chi connectivity index (χ4n) is 6.39. The van der Waals surface area contributed by atoms with Gasteiger partial charge in [-0.15, -0.1) is 11.1 Å². The maximum atomic E-state index is 12.7. The Labute approximate surface area is 369 Å².